The second kappa shape index (κ2) is 13.7. The molecule has 0 N–H and O–H groups in total. The fourth-order valence-electron chi connectivity index (χ4n) is 4.36. The smallest absolute Gasteiger partial charge is 0.0711 e. The first-order valence-electron chi connectivity index (χ1n) is 13.3. The van der Waals surface area contributed by atoms with Crippen LogP contribution in [0.5, 0.6) is 0 Å². The molecule has 1 aromatic heterocycles. The lowest BCUT2D eigenvalue weighted by Crippen LogP contribution is -2.12. The number of pyridine rings is 1. The Bertz CT molecular complexity index is 1280. The first kappa shape index (κ1) is 29.8. The topological polar surface area (TPSA) is 12.9 Å². The molecule has 1 heteroatoms. The molecule has 0 aliphatic carbocycles. The molecular weight excluding hydrogens is 446 g/mol. The molecule has 0 spiro atoms. The standard InChI is InChI=1S/C36H45N/c1-11-14-34(36(8,9)10)30(12-2)19-16-28(7)31(13-3)25-29(23-26(4)5)17-21-33-22-20-32-18-15-27(6)24-35(32)37-33/h11-15,17-18,20-26H,1,3,7,16,19H2,2,4-6,8-10H3/b21-17+,29-23-,30-12-,31-25+,34-14+. The summed E-state index contributed by atoms with van der Waals surface area (Å²) in [5, 5.41) is 1.16. The highest BCUT2D eigenvalue weighted by Crippen LogP contribution is 2.34. The van der Waals surface area contributed by atoms with Crippen molar-refractivity contribution in [1.29, 1.82) is 0 Å². The first-order chi connectivity index (χ1) is 17.5. The van der Waals surface area contributed by atoms with Gasteiger partial charge >= 0.3 is 0 Å². The zero-order valence-corrected chi connectivity index (χ0v) is 24.1. The summed E-state index contributed by atoms with van der Waals surface area (Å²) < 4.78 is 0. The summed E-state index contributed by atoms with van der Waals surface area (Å²) in [7, 11) is 0. The Kier molecular flexibility index (Phi) is 11.1. The van der Waals surface area contributed by atoms with Crippen LogP contribution in [0.3, 0.4) is 0 Å². The molecule has 0 unspecified atom stereocenters. The maximum Gasteiger partial charge on any atom is 0.0711 e. The molecule has 0 saturated heterocycles. The Morgan fingerprint density at radius 2 is 1.76 bits per heavy atom. The van der Waals surface area contributed by atoms with Crippen molar-refractivity contribution in [3.8, 4) is 0 Å². The number of aromatic nitrogens is 1. The highest BCUT2D eigenvalue weighted by molar-refractivity contribution is 5.80. The molecule has 0 amide bonds. The average molecular weight is 492 g/mol. The van der Waals surface area contributed by atoms with Gasteiger partial charge in [-0.3, -0.25) is 0 Å². The van der Waals surface area contributed by atoms with E-state index in [4.69, 9.17) is 4.98 Å². The molecule has 2 aromatic rings. The van der Waals surface area contributed by atoms with Gasteiger partial charge in [0.2, 0.25) is 0 Å². The van der Waals surface area contributed by atoms with E-state index in [0.29, 0.717) is 5.92 Å². The Morgan fingerprint density at radius 1 is 1.05 bits per heavy atom. The van der Waals surface area contributed by atoms with E-state index in [2.05, 4.69) is 135 Å². The molecule has 0 bridgehead atoms. The van der Waals surface area contributed by atoms with Crippen LogP contribution in [0.15, 0.2) is 120 Å². The van der Waals surface area contributed by atoms with Crippen molar-refractivity contribution in [3.63, 3.8) is 0 Å². The Morgan fingerprint density at radius 3 is 2.35 bits per heavy atom. The fourth-order valence-corrected chi connectivity index (χ4v) is 4.36. The number of hydrogen-bond acceptors (Lipinski definition) is 1. The van der Waals surface area contributed by atoms with Crippen LogP contribution in [-0.4, -0.2) is 4.98 Å². The minimum Gasteiger partial charge on any atom is -0.248 e. The molecule has 1 aromatic carbocycles. The van der Waals surface area contributed by atoms with Crippen LogP contribution in [0.1, 0.15) is 65.6 Å². The molecule has 0 fully saturated rings. The number of fused-ring (bicyclic) bond motifs is 1. The van der Waals surface area contributed by atoms with Crippen LogP contribution in [0.25, 0.3) is 17.0 Å². The third-order valence-electron chi connectivity index (χ3n) is 6.27. The van der Waals surface area contributed by atoms with E-state index in [1.165, 1.54) is 16.7 Å². The maximum atomic E-state index is 4.84. The van der Waals surface area contributed by atoms with Crippen LogP contribution in [0.2, 0.25) is 0 Å². The van der Waals surface area contributed by atoms with Crippen LogP contribution in [0, 0.1) is 18.3 Å². The molecule has 194 valence electrons. The fraction of sp³-hybridized carbons (Fsp3) is 0.306. The van der Waals surface area contributed by atoms with Gasteiger partial charge in [-0.05, 0) is 95.7 Å². The first-order valence-corrected chi connectivity index (χ1v) is 13.3. The largest absolute Gasteiger partial charge is 0.248 e. The Balaban J connectivity index is 2.28. The molecule has 0 saturated carbocycles. The van der Waals surface area contributed by atoms with Crippen molar-refractivity contribution < 1.29 is 0 Å². The quantitative estimate of drug-likeness (QED) is 0.285. The number of aryl methyl sites for hydroxylation is 1. The summed E-state index contributed by atoms with van der Waals surface area (Å²) in [5.41, 5.74) is 9.19. The highest BCUT2D eigenvalue weighted by Gasteiger charge is 2.19. The van der Waals surface area contributed by atoms with Gasteiger partial charge in [-0.2, -0.15) is 0 Å². The molecular formula is C36H45N. The van der Waals surface area contributed by atoms with Crippen LogP contribution in [0.4, 0.5) is 0 Å². The predicted octanol–water partition coefficient (Wildman–Crippen LogP) is 10.7. The molecule has 37 heavy (non-hydrogen) atoms. The predicted molar refractivity (Wildman–Crippen MR) is 167 cm³/mol. The molecule has 0 radical (unpaired) electrons. The maximum absolute atomic E-state index is 4.84. The van der Waals surface area contributed by atoms with E-state index in [9.17, 15) is 0 Å². The highest BCUT2D eigenvalue weighted by atomic mass is 14.7. The normalized spacial score (nSPS) is 14.1. The summed E-state index contributed by atoms with van der Waals surface area (Å²) in [5.74, 6) is 0.412. The van der Waals surface area contributed by atoms with Crippen molar-refractivity contribution in [2.45, 2.75) is 61.3 Å². The minimum absolute atomic E-state index is 0.0575. The van der Waals surface area contributed by atoms with Crippen LogP contribution < -0.4 is 0 Å². The van der Waals surface area contributed by atoms with Gasteiger partial charge in [-0.1, -0.05) is 109 Å². The van der Waals surface area contributed by atoms with Crippen molar-refractivity contribution in [2.75, 3.05) is 0 Å². The van der Waals surface area contributed by atoms with Gasteiger partial charge < -0.3 is 0 Å². The number of benzene rings is 1. The lowest BCUT2D eigenvalue weighted by Gasteiger charge is -2.26. The van der Waals surface area contributed by atoms with Gasteiger partial charge in [0.25, 0.3) is 0 Å². The van der Waals surface area contributed by atoms with Gasteiger partial charge in [-0.15, -0.1) is 0 Å². The third kappa shape index (κ3) is 9.17. The van der Waals surface area contributed by atoms with Crippen molar-refractivity contribution in [2.24, 2.45) is 11.3 Å². The van der Waals surface area contributed by atoms with E-state index >= 15 is 0 Å². The minimum atomic E-state index is 0.0575. The second-order valence-electron chi connectivity index (χ2n) is 11.0. The van der Waals surface area contributed by atoms with Gasteiger partial charge in [0.1, 0.15) is 0 Å². The van der Waals surface area contributed by atoms with Crippen LogP contribution >= 0.6 is 0 Å². The number of allylic oxidation sites excluding steroid dienone is 12. The van der Waals surface area contributed by atoms with Crippen molar-refractivity contribution >= 4 is 17.0 Å². The van der Waals surface area contributed by atoms with E-state index in [0.717, 1.165) is 46.2 Å². The molecule has 0 atom stereocenters. The summed E-state index contributed by atoms with van der Waals surface area (Å²) in [6.07, 6.45) is 18.6. The molecule has 0 aliphatic heterocycles. The summed E-state index contributed by atoms with van der Waals surface area (Å²) >= 11 is 0. The summed E-state index contributed by atoms with van der Waals surface area (Å²) in [6.45, 7) is 27.8. The summed E-state index contributed by atoms with van der Waals surface area (Å²) in [4.78, 5) is 4.84. The average Bonchev–Trinajstić information content (AvgIpc) is 2.83. The van der Waals surface area contributed by atoms with Gasteiger partial charge in [-0.25, -0.2) is 4.98 Å². The molecule has 2 rings (SSSR count). The number of nitrogens with zero attached hydrogens (tertiary/aromatic N) is 1. The van der Waals surface area contributed by atoms with Gasteiger partial charge in [0.05, 0.1) is 11.2 Å². The van der Waals surface area contributed by atoms with E-state index in [1.807, 2.05) is 12.2 Å². The van der Waals surface area contributed by atoms with E-state index in [1.54, 1.807) is 0 Å². The van der Waals surface area contributed by atoms with Gasteiger partial charge in [0, 0.05) is 5.39 Å². The Labute approximate surface area is 226 Å². The lowest BCUT2D eigenvalue weighted by molar-refractivity contribution is 0.506. The number of hydrogen-bond donors (Lipinski definition) is 0. The van der Waals surface area contributed by atoms with Gasteiger partial charge in [0.15, 0.2) is 0 Å². The lowest BCUT2D eigenvalue weighted by atomic mass is 9.79. The van der Waals surface area contributed by atoms with Crippen molar-refractivity contribution in [3.05, 3.63) is 132 Å². The van der Waals surface area contributed by atoms with E-state index < -0.39 is 0 Å². The van der Waals surface area contributed by atoms with Crippen molar-refractivity contribution in [1.82, 2.24) is 4.98 Å². The molecule has 0 aliphatic rings. The zero-order valence-electron chi connectivity index (χ0n) is 24.1. The second-order valence-corrected chi connectivity index (χ2v) is 11.0. The van der Waals surface area contributed by atoms with E-state index in [-0.39, 0.29) is 5.41 Å². The summed E-state index contributed by atoms with van der Waals surface area (Å²) in [6, 6.07) is 10.6. The molecule has 1 heterocycles. The SMILES string of the molecule is C=C/C=C(\C(=C/C)CCC(=C)/C(C=C)=C/C(=C\C(C)C)/C=C/c1ccc2ccc(C)cc2n1)C(C)(C)C. The molecule has 1 nitrogen and oxygen atoms in total. The monoisotopic (exact) mass is 491 g/mol. The zero-order chi connectivity index (χ0) is 27.6. The Hall–Kier alpha value is -3.45. The number of rotatable bonds is 11. The third-order valence-corrected chi connectivity index (χ3v) is 6.27. The van der Waals surface area contributed by atoms with Crippen LogP contribution in [-0.2, 0) is 0 Å².